The smallest absolute Gasteiger partial charge is 0.224 e. The first-order chi connectivity index (χ1) is 11.6. The largest absolute Gasteiger partial charge is 0.356 e. The van der Waals surface area contributed by atoms with E-state index in [1.54, 1.807) is 0 Å². The minimum atomic E-state index is -0.0263. The number of carbonyl (C=O) groups is 2. The molecule has 1 unspecified atom stereocenters. The Balaban J connectivity index is 0.00000225. The summed E-state index contributed by atoms with van der Waals surface area (Å²) in [6.07, 6.45) is 10.7. The average Bonchev–Trinajstić information content (AvgIpc) is 3.45. The molecule has 25 heavy (non-hydrogen) atoms. The summed E-state index contributed by atoms with van der Waals surface area (Å²) in [5, 5.41) is 3.08. The monoisotopic (exact) mass is 371 g/mol. The van der Waals surface area contributed by atoms with Crippen LogP contribution in [0.5, 0.6) is 0 Å². The van der Waals surface area contributed by atoms with E-state index in [1.165, 1.54) is 32.1 Å². The first kappa shape index (κ1) is 20.5. The molecule has 0 bridgehead atoms. The van der Waals surface area contributed by atoms with E-state index < -0.39 is 0 Å². The fourth-order valence-electron chi connectivity index (χ4n) is 4.32. The van der Waals surface area contributed by atoms with Crippen LogP contribution in [-0.4, -0.2) is 42.9 Å². The minimum absolute atomic E-state index is 0. The second-order valence-corrected chi connectivity index (χ2v) is 8.31. The molecule has 2 aliphatic carbocycles. The van der Waals surface area contributed by atoms with Gasteiger partial charge in [0.25, 0.3) is 0 Å². The molecule has 0 aromatic heterocycles. The van der Waals surface area contributed by atoms with E-state index in [4.69, 9.17) is 5.73 Å². The molecule has 3 aliphatic rings. The Kier molecular flexibility index (Phi) is 7.56. The molecule has 144 valence electrons. The van der Waals surface area contributed by atoms with Gasteiger partial charge < -0.3 is 16.0 Å². The summed E-state index contributed by atoms with van der Waals surface area (Å²) < 4.78 is 0. The van der Waals surface area contributed by atoms with Gasteiger partial charge in [-0.25, -0.2) is 0 Å². The van der Waals surface area contributed by atoms with Crippen LogP contribution in [0.2, 0.25) is 0 Å². The fraction of sp³-hybridized carbons (Fsp3) is 0.895. The molecule has 2 saturated carbocycles. The lowest BCUT2D eigenvalue weighted by molar-refractivity contribution is -0.138. The average molecular weight is 372 g/mol. The fourth-order valence-corrected chi connectivity index (χ4v) is 4.32. The van der Waals surface area contributed by atoms with Gasteiger partial charge in [-0.15, -0.1) is 12.4 Å². The first-order valence-electron chi connectivity index (χ1n) is 9.87. The summed E-state index contributed by atoms with van der Waals surface area (Å²) in [7, 11) is 0. The Morgan fingerprint density at radius 1 is 1.08 bits per heavy atom. The number of nitrogens with two attached hydrogens (primary N) is 1. The summed E-state index contributed by atoms with van der Waals surface area (Å²) in [5.41, 5.74) is 6.04. The van der Waals surface area contributed by atoms with Crippen LogP contribution in [0.15, 0.2) is 0 Å². The van der Waals surface area contributed by atoms with Crippen molar-refractivity contribution in [1.29, 1.82) is 0 Å². The molecular weight excluding hydrogens is 338 g/mol. The lowest BCUT2D eigenvalue weighted by atomic mass is 9.71. The highest BCUT2D eigenvalue weighted by molar-refractivity contribution is 5.85. The van der Waals surface area contributed by atoms with Gasteiger partial charge in [0.15, 0.2) is 0 Å². The Morgan fingerprint density at radius 2 is 1.80 bits per heavy atom. The van der Waals surface area contributed by atoms with E-state index >= 15 is 0 Å². The van der Waals surface area contributed by atoms with Crippen LogP contribution in [0.25, 0.3) is 0 Å². The van der Waals surface area contributed by atoms with Crippen LogP contribution in [-0.2, 0) is 9.59 Å². The van der Waals surface area contributed by atoms with E-state index in [0.29, 0.717) is 25.4 Å². The van der Waals surface area contributed by atoms with Crippen molar-refractivity contribution in [3.63, 3.8) is 0 Å². The van der Waals surface area contributed by atoms with Crippen LogP contribution in [0.3, 0.4) is 0 Å². The van der Waals surface area contributed by atoms with Crippen molar-refractivity contribution in [3.05, 3.63) is 0 Å². The molecule has 2 amide bonds. The van der Waals surface area contributed by atoms with Gasteiger partial charge in [-0.3, -0.25) is 9.59 Å². The van der Waals surface area contributed by atoms with Crippen molar-refractivity contribution in [2.75, 3.05) is 26.2 Å². The molecule has 3 rings (SSSR count). The lowest BCUT2D eigenvalue weighted by Crippen LogP contribution is -2.47. The minimum Gasteiger partial charge on any atom is -0.356 e. The SMILES string of the molecule is Cl.NCC1(CC(=O)N2CCCC(C(=O)NCC3CC3)C2)CCCCC1. The van der Waals surface area contributed by atoms with Gasteiger partial charge in [-0.05, 0) is 56.4 Å². The number of piperidine rings is 1. The van der Waals surface area contributed by atoms with Crippen molar-refractivity contribution in [2.24, 2.45) is 23.0 Å². The molecule has 1 aliphatic heterocycles. The van der Waals surface area contributed by atoms with Crippen LogP contribution >= 0.6 is 12.4 Å². The third kappa shape index (κ3) is 5.58. The third-order valence-corrected chi connectivity index (χ3v) is 6.28. The second kappa shape index (κ2) is 9.22. The standard InChI is InChI=1S/C19H33N3O2.ClH/c20-14-19(8-2-1-3-9-19)11-17(23)22-10-4-5-16(13-22)18(24)21-12-15-6-7-15;/h15-16H,1-14,20H2,(H,21,24);1H. The molecule has 1 atom stereocenters. The Bertz CT molecular complexity index is 462. The van der Waals surface area contributed by atoms with E-state index in [0.717, 1.165) is 38.8 Å². The zero-order valence-electron chi connectivity index (χ0n) is 15.3. The van der Waals surface area contributed by atoms with Gasteiger partial charge in [0, 0.05) is 26.1 Å². The Hall–Kier alpha value is -0.810. The quantitative estimate of drug-likeness (QED) is 0.753. The maximum absolute atomic E-state index is 12.8. The molecule has 3 N–H and O–H groups in total. The topological polar surface area (TPSA) is 75.4 Å². The van der Waals surface area contributed by atoms with Gasteiger partial charge in [0.2, 0.25) is 11.8 Å². The predicted molar refractivity (Wildman–Crippen MR) is 101 cm³/mol. The zero-order valence-corrected chi connectivity index (χ0v) is 16.1. The molecular formula is C19H34ClN3O2. The van der Waals surface area contributed by atoms with Gasteiger partial charge in [0.1, 0.15) is 0 Å². The number of rotatable bonds is 6. The van der Waals surface area contributed by atoms with Crippen molar-refractivity contribution in [1.82, 2.24) is 10.2 Å². The van der Waals surface area contributed by atoms with Gasteiger partial charge >= 0.3 is 0 Å². The maximum Gasteiger partial charge on any atom is 0.224 e. The second-order valence-electron chi connectivity index (χ2n) is 8.31. The van der Waals surface area contributed by atoms with E-state index in [1.807, 2.05) is 4.90 Å². The van der Waals surface area contributed by atoms with Crippen molar-refractivity contribution in [3.8, 4) is 0 Å². The molecule has 0 aromatic rings. The number of nitrogens with one attached hydrogen (secondary N) is 1. The molecule has 0 radical (unpaired) electrons. The molecule has 0 aromatic carbocycles. The number of carbonyl (C=O) groups excluding carboxylic acids is 2. The molecule has 3 fully saturated rings. The Morgan fingerprint density at radius 3 is 2.44 bits per heavy atom. The summed E-state index contributed by atoms with van der Waals surface area (Å²) in [6, 6.07) is 0. The highest BCUT2D eigenvalue weighted by Gasteiger charge is 2.36. The number of hydrogen-bond donors (Lipinski definition) is 2. The first-order valence-corrected chi connectivity index (χ1v) is 9.87. The summed E-state index contributed by atoms with van der Waals surface area (Å²) >= 11 is 0. The van der Waals surface area contributed by atoms with Crippen LogP contribution < -0.4 is 11.1 Å². The van der Waals surface area contributed by atoms with Gasteiger partial charge in [0.05, 0.1) is 5.92 Å². The number of nitrogens with zero attached hydrogens (tertiary/aromatic N) is 1. The van der Waals surface area contributed by atoms with E-state index in [9.17, 15) is 9.59 Å². The van der Waals surface area contributed by atoms with Crippen molar-refractivity contribution < 1.29 is 9.59 Å². The molecule has 5 nitrogen and oxygen atoms in total. The van der Waals surface area contributed by atoms with E-state index in [2.05, 4.69) is 5.32 Å². The van der Waals surface area contributed by atoms with Crippen LogP contribution in [0.4, 0.5) is 0 Å². The highest BCUT2D eigenvalue weighted by Crippen LogP contribution is 2.39. The molecule has 0 spiro atoms. The number of likely N-dealkylation sites (tertiary alicyclic amines) is 1. The molecule has 1 saturated heterocycles. The van der Waals surface area contributed by atoms with Crippen LogP contribution in [0.1, 0.15) is 64.2 Å². The summed E-state index contributed by atoms with van der Waals surface area (Å²) in [5.74, 6) is 1.03. The van der Waals surface area contributed by atoms with Gasteiger partial charge in [-0.2, -0.15) is 0 Å². The number of amides is 2. The maximum atomic E-state index is 12.8. The Labute approximate surface area is 157 Å². The normalized spacial score (nSPS) is 25.8. The van der Waals surface area contributed by atoms with Crippen molar-refractivity contribution >= 4 is 24.2 Å². The number of hydrogen-bond acceptors (Lipinski definition) is 3. The lowest BCUT2D eigenvalue weighted by Gasteiger charge is -2.39. The molecule has 1 heterocycles. The van der Waals surface area contributed by atoms with Crippen LogP contribution in [0, 0.1) is 17.3 Å². The number of halogens is 1. The third-order valence-electron chi connectivity index (χ3n) is 6.28. The van der Waals surface area contributed by atoms with Crippen molar-refractivity contribution in [2.45, 2.75) is 64.2 Å². The molecule has 6 heteroatoms. The summed E-state index contributed by atoms with van der Waals surface area (Å²) in [6.45, 7) is 2.82. The zero-order chi connectivity index (χ0) is 17.0. The highest BCUT2D eigenvalue weighted by atomic mass is 35.5. The predicted octanol–water partition coefficient (Wildman–Crippen LogP) is 2.47. The van der Waals surface area contributed by atoms with E-state index in [-0.39, 0.29) is 35.6 Å². The summed E-state index contributed by atoms with van der Waals surface area (Å²) in [4.78, 5) is 27.1. The van der Waals surface area contributed by atoms with Gasteiger partial charge in [-0.1, -0.05) is 19.3 Å².